The van der Waals surface area contributed by atoms with E-state index in [0.717, 1.165) is 31.7 Å². The summed E-state index contributed by atoms with van der Waals surface area (Å²) in [6, 6.07) is 14.2. The van der Waals surface area contributed by atoms with E-state index in [9.17, 15) is 14.4 Å². The lowest BCUT2D eigenvalue weighted by Gasteiger charge is -2.43. The highest BCUT2D eigenvalue weighted by atomic mass is 32.1. The van der Waals surface area contributed by atoms with Crippen LogP contribution in [0.3, 0.4) is 0 Å². The number of rotatable bonds is 7. The summed E-state index contributed by atoms with van der Waals surface area (Å²) in [5, 5.41) is 12.5. The second-order valence-electron chi connectivity index (χ2n) is 12.6. The van der Waals surface area contributed by atoms with Crippen LogP contribution in [0.1, 0.15) is 44.8 Å². The zero-order valence-corrected chi connectivity index (χ0v) is 28.0. The number of nitrogens with one attached hydrogen (secondary N) is 2. The predicted molar refractivity (Wildman–Crippen MR) is 186 cm³/mol. The van der Waals surface area contributed by atoms with Gasteiger partial charge >= 0.3 is 0 Å². The van der Waals surface area contributed by atoms with Crippen molar-refractivity contribution in [1.82, 2.24) is 35.2 Å². The third kappa shape index (κ3) is 6.60. The zero-order chi connectivity index (χ0) is 36.7. The van der Waals surface area contributed by atoms with Gasteiger partial charge in [0.25, 0.3) is 5.91 Å². The number of piperidine rings is 1. The van der Waals surface area contributed by atoms with E-state index in [2.05, 4.69) is 20.5 Å². The molecular weight excluding hydrogens is 646 g/mol. The summed E-state index contributed by atoms with van der Waals surface area (Å²) in [5.41, 5.74) is 3.75. The number of carbonyl (C=O) groups excluding carboxylic acids is 3. The Kier molecular flexibility index (Phi) is 8.04. The van der Waals surface area contributed by atoms with E-state index in [1.807, 2.05) is 31.2 Å². The smallest absolute Gasteiger partial charge is 0.251 e. The molecule has 5 aromatic rings. The fraction of sp³-hybridized carbons (Fsp3) is 0.361. The molecule has 2 aliphatic rings. The summed E-state index contributed by atoms with van der Waals surface area (Å²) in [6.45, 7) is 5.11. The van der Waals surface area contributed by atoms with E-state index < -0.39 is 24.9 Å². The van der Waals surface area contributed by atoms with Crippen LogP contribution in [0.4, 0.5) is 4.39 Å². The van der Waals surface area contributed by atoms with E-state index in [0.29, 0.717) is 50.3 Å². The second kappa shape index (κ2) is 13.6. The number of hydrogen-bond acceptors (Lipinski definition) is 8. The van der Waals surface area contributed by atoms with Crippen molar-refractivity contribution in [2.45, 2.75) is 45.3 Å². The quantitative estimate of drug-likeness (QED) is 0.253. The van der Waals surface area contributed by atoms with Gasteiger partial charge in [-0.05, 0) is 62.2 Å². The van der Waals surface area contributed by atoms with Gasteiger partial charge in [-0.1, -0.05) is 12.1 Å². The van der Waals surface area contributed by atoms with Crippen molar-refractivity contribution in [3.8, 4) is 17.0 Å². The molecule has 0 bridgehead atoms. The first-order chi connectivity index (χ1) is 24.8. The Labute approximate surface area is 291 Å². The van der Waals surface area contributed by atoms with E-state index in [-0.39, 0.29) is 42.1 Å². The highest BCUT2D eigenvalue weighted by Crippen LogP contribution is 2.32. The molecule has 2 fully saturated rings. The second-order valence-corrected chi connectivity index (χ2v) is 13.8. The number of amides is 3. The summed E-state index contributed by atoms with van der Waals surface area (Å²) in [5.74, 6) is -1.33. The lowest BCUT2D eigenvalue weighted by Crippen LogP contribution is -2.59. The van der Waals surface area contributed by atoms with Crippen LogP contribution in [-0.4, -0.2) is 99.4 Å². The molecule has 0 unspecified atom stereocenters. The van der Waals surface area contributed by atoms with Crippen LogP contribution in [0.5, 0.6) is 5.75 Å². The van der Waals surface area contributed by atoms with Crippen molar-refractivity contribution >= 4 is 50.2 Å². The number of methoxy groups -OCH3 is 1. The van der Waals surface area contributed by atoms with Gasteiger partial charge in [-0.3, -0.25) is 24.4 Å². The summed E-state index contributed by atoms with van der Waals surface area (Å²) in [6.07, 6.45) is 0.848. The molecule has 0 radical (unpaired) electrons. The van der Waals surface area contributed by atoms with Crippen LogP contribution < -0.4 is 10.1 Å². The fourth-order valence-electron chi connectivity index (χ4n) is 6.89. The fourth-order valence-corrected chi connectivity index (χ4v) is 7.76. The van der Waals surface area contributed by atoms with Crippen molar-refractivity contribution in [2.24, 2.45) is 0 Å². The van der Waals surface area contributed by atoms with E-state index >= 15 is 4.39 Å². The maximum Gasteiger partial charge on any atom is 0.251 e. The van der Waals surface area contributed by atoms with Crippen LogP contribution >= 0.6 is 11.3 Å². The first-order valence-corrected chi connectivity index (χ1v) is 17.1. The molecule has 2 aromatic heterocycles. The molecule has 0 spiro atoms. The van der Waals surface area contributed by atoms with Crippen molar-refractivity contribution in [3.05, 3.63) is 76.5 Å². The minimum absolute atomic E-state index is 0.00872. The first kappa shape index (κ1) is 29.1. The number of piperazine rings is 1. The third-order valence-corrected chi connectivity index (χ3v) is 10.4. The molecule has 2 aliphatic heterocycles. The lowest BCUT2D eigenvalue weighted by atomic mass is 9.95. The topological polar surface area (TPSA) is 124 Å². The molecular formula is C36H38FN7O4S. The number of ether oxygens (including phenoxy) is 1. The Bertz CT molecular complexity index is 2160. The summed E-state index contributed by atoms with van der Waals surface area (Å²) >= 11 is 1.60. The number of H-pyrrole nitrogens is 1. The Morgan fingerprint density at radius 2 is 1.90 bits per heavy atom. The Hall–Kier alpha value is -4.88. The summed E-state index contributed by atoms with van der Waals surface area (Å²) in [4.78, 5) is 49.3. The number of hydrogen-bond donors (Lipinski definition) is 2. The standard InChI is InChI=1S/C36H38FN7O4S/c1-21-38-30-11-7-23(18-33(30)49-21)34-26-17-24(8-10-29(26)40-41-34)35(46)39-25-9-12-31(36(47)43-15-13-42(14-16-43)22(2)45)44(19-25)20-27-28(37)5-4-6-32(27)48-3/h4-8,10-11,17-18,25,31H,9,12-16,19-20H2,1-3H3,(H,39,46)(H,40,41)/t25-,31+/m1/s1/i3D3. The van der Waals surface area contributed by atoms with Crippen molar-refractivity contribution in [2.75, 3.05) is 39.8 Å². The number of benzene rings is 3. The molecule has 2 saturated heterocycles. The maximum absolute atomic E-state index is 15.3. The van der Waals surface area contributed by atoms with Gasteiger partial charge in [0.2, 0.25) is 11.8 Å². The molecule has 254 valence electrons. The Morgan fingerprint density at radius 1 is 1.08 bits per heavy atom. The van der Waals surface area contributed by atoms with Crippen LogP contribution in [0, 0.1) is 12.7 Å². The first-order valence-electron chi connectivity index (χ1n) is 17.7. The number of aromatic nitrogens is 3. The minimum Gasteiger partial charge on any atom is -0.496 e. The highest BCUT2D eigenvalue weighted by molar-refractivity contribution is 7.18. The molecule has 11 nitrogen and oxygen atoms in total. The molecule has 7 rings (SSSR count). The minimum atomic E-state index is -2.81. The molecule has 13 heteroatoms. The molecule has 3 amide bonds. The molecule has 0 aliphatic carbocycles. The van der Waals surface area contributed by atoms with Crippen molar-refractivity contribution in [1.29, 1.82) is 0 Å². The predicted octanol–water partition coefficient (Wildman–Crippen LogP) is 4.75. The van der Waals surface area contributed by atoms with Crippen LogP contribution in [0.15, 0.2) is 54.6 Å². The van der Waals surface area contributed by atoms with Crippen LogP contribution in [-0.2, 0) is 16.1 Å². The van der Waals surface area contributed by atoms with Gasteiger partial charge in [-0.2, -0.15) is 5.10 Å². The van der Waals surface area contributed by atoms with Gasteiger partial charge in [0.1, 0.15) is 11.6 Å². The van der Waals surface area contributed by atoms with Gasteiger partial charge in [0.05, 0.1) is 43.6 Å². The molecule has 0 saturated carbocycles. The van der Waals surface area contributed by atoms with E-state index in [1.54, 1.807) is 38.2 Å². The normalized spacial score (nSPS) is 19.8. The lowest BCUT2D eigenvalue weighted by molar-refractivity contribution is -0.143. The largest absolute Gasteiger partial charge is 0.496 e. The van der Waals surface area contributed by atoms with E-state index in [4.69, 9.17) is 8.85 Å². The van der Waals surface area contributed by atoms with Gasteiger partial charge in [-0.25, -0.2) is 9.37 Å². The average Bonchev–Trinajstić information content (AvgIpc) is 3.70. The maximum atomic E-state index is 15.3. The average molecular weight is 687 g/mol. The van der Waals surface area contributed by atoms with Crippen molar-refractivity contribution in [3.63, 3.8) is 0 Å². The van der Waals surface area contributed by atoms with E-state index in [1.165, 1.54) is 25.1 Å². The van der Waals surface area contributed by atoms with Gasteiger partial charge in [0, 0.05) is 74.3 Å². The van der Waals surface area contributed by atoms with Crippen LogP contribution in [0.25, 0.3) is 32.4 Å². The number of fused-ring (bicyclic) bond motifs is 2. The number of carbonyl (C=O) groups is 3. The molecule has 4 heterocycles. The molecule has 2 N–H and O–H groups in total. The molecule has 3 aromatic carbocycles. The number of thiazole rings is 1. The van der Waals surface area contributed by atoms with Gasteiger partial charge in [-0.15, -0.1) is 11.3 Å². The highest BCUT2D eigenvalue weighted by Gasteiger charge is 2.38. The van der Waals surface area contributed by atoms with Gasteiger partial charge in [0.15, 0.2) is 0 Å². The Morgan fingerprint density at radius 3 is 2.69 bits per heavy atom. The number of halogens is 1. The number of aromatic amines is 1. The third-order valence-electron chi connectivity index (χ3n) is 9.48. The van der Waals surface area contributed by atoms with Crippen molar-refractivity contribution < 1.29 is 27.6 Å². The zero-order valence-electron chi connectivity index (χ0n) is 30.2. The van der Waals surface area contributed by atoms with Crippen LogP contribution in [0.2, 0.25) is 0 Å². The SMILES string of the molecule is [2H]C([2H])([2H])Oc1cccc(F)c1CN1C[C@H](NC(=O)c2ccc3[nH]nc(-c4ccc5nc(C)sc5c4)c3c2)CC[C@H]1C(=O)N1CCN(C(C)=O)CC1. The molecule has 2 atom stereocenters. The number of nitrogens with zero attached hydrogens (tertiary/aromatic N) is 5. The number of likely N-dealkylation sites (tertiary alicyclic amines) is 1. The monoisotopic (exact) mass is 686 g/mol. The summed E-state index contributed by atoms with van der Waals surface area (Å²) < 4.78 is 44.4. The van der Waals surface area contributed by atoms with Gasteiger partial charge < -0.3 is 19.9 Å². The summed E-state index contributed by atoms with van der Waals surface area (Å²) in [7, 11) is -2.81. The number of aryl methyl sites for hydroxylation is 1. The Balaban J connectivity index is 1.12. The molecule has 49 heavy (non-hydrogen) atoms.